The minimum absolute atomic E-state index is 0.0320. The van der Waals surface area contributed by atoms with Crippen LogP contribution in [-0.2, 0) is 20.8 Å². The molecule has 1 aromatic heterocycles. The summed E-state index contributed by atoms with van der Waals surface area (Å²) in [4.78, 5) is 41.7. The second-order valence-corrected chi connectivity index (χ2v) is 8.54. The van der Waals surface area contributed by atoms with Gasteiger partial charge in [0, 0.05) is 23.5 Å². The minimum Gasteiger partial charge on any atom is -0.508 e. The van der Waals surface area contributed by atoms with Crippen LogP contribution in [0.15, 0.2) is 33.6 Å². The van der Waals surface area contributed by atoms with Gasteiger partial charge in [-0.3, -0.25) is 14.4 Å². The molecule has 0 spiro atoms. The first-order valence-corrected chi connectivity index (χ1v) is 10.2. The van der Waals surface area contributed by atoms with Gasteiger partial charge in [-0.05, 0) is 43.4 Å². The molecule has 1 heterocycles. The van der Waals surface area contributed by atoms with Crippen molar-refractivity contribution < 1.29 is 39.3 Å². The summed E-state index contributed by atoms with van der Waals surface area (Å²) in [6.45, 7) is 1.64. The van der Waals surface area contributed by atoms with Crippen molar-refractivity contribution in [2.24, 2.45) is 17.6 Å². The highest BCUT2D eigenvalue weighted by molar-refractivity contribution is 6.22. The highest BCUT2D eigenvalue weighted by Crippen LogP contribution is 2.52. The number of carbonyl (C=O) groups is 3. The zero-order valence-corrected chi connectivity index (χ0v) is 17.3. The Morgan fingerprint density at radius 2 is 1.94 bits per heavy atom. The fraction of sp³-hybridized carbons (Fsp3) is 0.318. The van der Waals surface area contributed by atoms with E-state index in [1.165, 1.54) is 6.07 Å². The lowest BCUT2D eigenvalue weighted by molar-refractivity contribution is -0.147. The maximum absolute atomic E-state index is 13.4. The van der Waals surface area contributed by atoms with Crippen molar-refractivity contribution in [1.29, 1.82) is 0 Å². The van der Waals surface area contributed by atoms with Gasteiger partial charge in [0.25, 0.3) is 11.8 Å². The molecule has 0 bridgehead atoms. The molecule has 3 aliphatic rings. The highest BCUT2D eigenvalue weighted by atomic mass is 16.5. The number of fused-ring (bicyclic) bond motifs is 3. The van der Waals surface area contributed by atoms with Gasteiger partial charge >= 0.3 is 0 Å². The van der Waals surface area contributed by atoms with Crippen LogP contribution in [0.4, 0.5) is 0 Å². The average molecular weight is 453 g/mol. The molecule has 5 rings (SSSR count). The number of hydrogen-bond acceptors (Lipinski definition) is 10. The lowest BCUT2D eigenvalue weighted by atomic mass is 9.59. The van der Waals surface area contributed by atoms with Crippen LogP contribution < -0.4 is 5.73 Å². The Morgan fingerprint density at radius 1 is 1.21 bits per heavy atom. The third kappa shape index (κ3) is 2.68. The molecule has 1 fully saturated rings. The third-order valence-corrected chi connectivity index (χ3v) is 6.71. The van der Waals surface area contributed by atoms with Crippen LogP contribution in [0.3, 0.4) is 0 Å². The van der Waals surface area contributed by atoms with Crippen LogP contribution in [0, 0.1) is 18.8 Å². The largest absolute Gasteiger partial charge is 0.508 e. The first kappa shape index (κ1) is 20.9. The number of rotatable bonds is 2. The van der Waals surface area contributed by atoms with Gasteiger partial charge in [-0.2, -0.15) is 4.98 Å². The number of Topliss-reactive ketones (excluding diaryl/α,β-unsaturated/α-hetero) is 2. The number of aryl methyl sites for hydroxylation is 1. The van der Waals surface area contributed by atoms with E-state index < -0.39 is 52.0 Å². The predicted octanol–water partition coefficient (Wildman–Crippen LogP) is 0.782. The fourth-order valence-corrected chi connectivity index (χ4v) is 5.23. The molecule has 1 aromatic carbocycles. The first-order valence-electron chi connectivity index (χ1n) is 10.2. The monoisotopic (exact) mass is 453 g/mol. The molecular weight excluding hydrogens is 434 g/mol. The maximum atomic E-state index is 13.4. The van der Waals surface area contributed by atoms with Crippen LogP contribution in [-0.4, -0.2) is 53.6 Å². The van der Waals surface area contributed by atoms with Gasteiger partial charge in [-0.15, -0.1) is 0 Å². The molecule has 3 atom stereocenters. The summed E-state index contributed by atoms with van der Waals surface area (Å²) in [5.74, 6) is -6.19. The summed E-state index contributed by atoms with van der Waals surface area (Å²) in [6.07, 6.45) is -0.182. The normalized spacial score (nSPS) is 26.7. The van der Waals surface area contributed by atoms with E-state index in [4.69, 9.17) is 10.3 Å². The van der Waals surface area contributed by atoms with Gasteiger partial charge in [0.1, 0.15) is 22.8 Å². The molecule has 3 unspecified atom stereocenters. The Morgan fingerprint density at radius 3 is 2.58 bits per heavy atom. The van der Waals surface area contributed by atoms with Gasteiger partial charge in [0.15, 0.2) is 17.2 Å². The zero-order valence-electron chi connectivity index (χ0n) is 17.3. The molecule has 170 valence electrons. The predicted molar refractivity (Wildman–Crippen MR) is 109 cm³/mol. The van der Waals surface area contributed by atoms with Crippen LogP contribution in [0.25, 0.3) is 17.2 Å². The quantitative estimate of drug-likeness (QED) is 0.405. The highest BCUT2D eigenvalue weighted by Gasteiger charge is 2.60. The van der Waals surface area contributed by atoms with Gasteiger partial charge in [0.05, 0.1) is 5.56 Å². The molecule has 3 aliphatic carbocycles. The standard InChI is InChI=1S/C22H19N3O8/c1-7-24-21(33-25-7)10-2-3-12(26)15-11(10)5-8-4-9-6-13(27)16(20(23)31)19(30)22(9,32)18(29)14(8)17(15)28/h2-3,8-9,26,28,30,32H,4-6H2,1H3,(H2,23,31). The molecule has 1 amide bonds. The molecule has 33 heavy (non-hydrogen) atoms. The molecule has 1 saturated carbocycles. The number of nitrogens with zero attached hydrogens (tertiary/aromatic N) is 2. The number of hydrogen-bond donors (Lipinski definition) is 5. The van der Waals surface area contributed by atoms with E-state index in [9.17, 15) is 34.8 Å². The summed E-state index contributed by atoms with van der Waals surface area (Å²) in [5.41, 5.74) is 2.44. The smallest absolute Gasteiger partial charge is 0.258 e. The zero-order chi connectivity index (χ0) is 23.8. The van der Waals surface area contributed by atoms with E-state index in [-0.39, 0.29) is 42.0 Å². The summed E-state index contributed by atoms with van der Waals surface area (Å²) in [5, 5.41) is 47.1. The number of primary amides is 1. The van der Waals surface area contributed by atoms with Crippen molar-refractivity contribution in [3.05, 3.63) is 46.0 Å². The lowest BCUT2D eigenvalue weighted by Gasteiger charge is -2.46. The number of aliphatic hydroxyl groups excluding tert-OH is 2. The van der Waals surface area contributed by atoms with E-state index >= 15 is 0 Å². The Hall–Kier alpha value is -3.99. The molecular formula is C22H19N3O8. The van der Waals surface area contributed by atoms with Crippen molar-refractivity contribution in [3.8, 4) is 17.2 Å². The van der Waals surface area contributed by atoms with Gasteiger partial charge in [-0.25, -0.2) is 0 Å². The lowest BCUT2D eigenvalue weighted by Crippen LogP contribution is -2.58. The van der Waals surface area contributed by atoms with Crippen molar-refractivity contribution in [1.82, 2.24) is 10.1 Å². The topological polar surface area (TPSA) is 197 Å². The second-order valence-electron chi connectivity index (χ2n) is 8.54. The minimum atomic E-state index is -2.59. The number of aromatic nitrogens is 2. The summed E-state index contributed by atoms with van der Waals surface area (Å²) >= 11 is 0. The van der Waals surface area contributed by atoms with Gasteiger partial charge in [0.2, 0.25) is 5.78 Å². The second kappa shape index (κ2) is 6.75. The number of nitrogens with two attached hydrogens (primary N) is 1. The Balaban J connectivity index is 1.71. The Bertz CT molecular complexity index is 1340. The number of benzene rings is 1. The molecule has 2 aromatic rings. The van der Waals surface area contributed by atoms with Crippen molar-refractivity contribution in [2.75, 3.05) is 0 Å². The number of aromatic hydroxyl groups is 1. The molecule has 11 nitrogen and oxygen atoms in total. The molecule has 0 saturated heterocycles. The molecule has 11 heteroatoms. The van der Waals surface area contributed by atoms with Crippen LogP contribution in [0.1, 0.15) is 29.8 Å². The summed E-state index contributed by atoms with van der Waals surface area (Å²) < 4.78 is 5.24. The molecule has 6 N–H and O–H groups in total. The molecule has 0 aliphatic heterocycles. The number of ketones is 2. The van der Waals surface area contributed by atoms with Crippen molar-refractivity contribution in [3.63, 3.8) is 0 Å². The Kier molecular flexibility index (Phi) is 4.27. The van der Waals surface area contributed by atoms with Crippen molar-refractivity contribution >= 4 is 23.2 Å². The van der Waals surface area contributed by atoms with E-state index in [1.54, 1.807) is 13.0 Å². The van der Waals surface area contributed by atoms with Crippen LogP contribution >= 0.6 is 0 Å². The maximum Gasteiger partial charge on any atom is 0.258 e. The summed E-state index contributed by atoms with van der Waals surface area (Å²) in [6, 6.07) is 2.86. The third-order valence-electron chi connectivity index (χ3n) is 6.71. The van der Waals surface area contributed by atoms with Gasteiger partial charge in [-0.1, -0.05) is 5.16 Å². The number of phenols is 1. The molecule has 0 radical (unpaired) electrons. The van der Waals surface area contributed by atoms with E-state index in [2.05, 4.69) is 10.1 Å². The van der Waals surface area contributed by atoms with Crippen molar-refractivity contribution in [2.45, 2.75) is 31.8 Å². The fourth-order valence-electron chi connectivity index (χ4n) is 5.23. The average Bonchev–Trinajstić information content (AvgIpc) is 3.16. The van der Waals surface area contributed by atoms with Crippen LogP contribution in [0.5, 0.6) is 5.75 Å². The number of carbonyl (C=O) groups excluding carboxylic acids is 3. The van der Waals surface area contributed by atoms with E-state index in [0.29, 0.717) is 17.0 Å². The van der Waals surface area contributed by atoms with Crippen LogP contribution in [0.2, 0.25) is 0 Å². The first-order chi connectivity index (χ1) is 15.6. The number of aliphatic hydroxyl groups is 3. The number of phenolic OH excluding ortho intramolecular Hbond substituents is 1. The number of amides is 1. The van der Waals surface area contributed by atoms with E-state index in [1.807, 2.05) is 0 Å². The summed E-state index contributed by atoms with van der Waals surface area (Å²) in [7, 11) is 0. The Labute approximate surface area is 185 Å². The van der Waals surface area contributed by atoms with Gasteiger partial charge < -0.3 is 30.7 Å². The van der Waals surface area contributed by atoms with E-state index in [0.717, 1.165) is 0 Å². The SMILES string of the molecule is Cc1noc(-c2ccc(O)c3c2CC2CC4CC(=O)C(C(N)=O)=C(O)C4(O)C(=O)C2=C3O)n1.